The van der Waals surface area contributed by atoms with E-state index in [0.717, 1.165) is 6.42 Å². The van der Waals surface area contributed by atoms with E-state index in [9.17, 15) is 9.59 Å². The van der Waals surface area contributed by atoms with Gasteiger partial charge >= 0.3 is 5.97 Å². The summed E-state index contributed by atoms with van der Waals surface area (Å²) in [5, 5.41) is 0. The Bertz CT molecular complexity index is 851. The van der Waals surface area contributed by atoms with Crippen LogP contribution in [-0.2, 0) is 23.8 Å². The number of esters is 1. The third-order valence-electron chi connectivity index (χ3n) is 10.7. The molecule has 5 heteroatoms. The predicted octanol–water partition coefficient (Wildman–Crippen LogP) is 4.09. The Kier molecular flexibility index (Phi) is 4.24. The zero-order valence-electron chi connectivity index (χ0n) is 19.3. The second-order valence-electron chi connectivity index (χ2n) is 11.7. The first-order valence-electron chi connectivity index (χ1n) is 12.5. The highest BCUT2D eigenvalue weighted by atomic mass is 16.7. The minimum absolute atomic E-state index is 0.0722. The molecule has 4 aliphatic carbocycles. The van der Waals surface area contributed by atoms with Crippen molar-refractivity contribution in [3.63, 3.8) is 0 Å². The average molecular weight is 429 g/mol. The van der Waals surface area contributed by atoms with Gasteiger partial charge in [0.15, 0.2) is 5.78 Å². The molecule has 0 aromatic heterocycles. The van der Waals surface area contributed by atoms with Crippen molar-refractivity contribution >= 4 is 11.8 Å². The normalized spacial score (nSPS) is 54.8. The van der Waals surface area contributed by atoms with Crippen LogP contribution >= 0.6 is 0 Å². The molecule has 31 heavy (non-hydrogen) atoms. The van der Waals surface area contributed by atoms with E-state index in [1.807, 2.05) is 6.92 Å². The van der Waals surface area contributed by atoms with Crippen molar-refractivity contribution in [2.24, 2.45) is 40.4 Å². The summed E-state index contributed by atoms with van der Waals surface area (Å²) in [5.74, 6) is 2.86. The van der Waals surface area contributed by atoms with Crippen LogP contribution in [0.3, 0.4) is 0 Å². The summed E-state index contributed by atoms with van der Waals surface area (Å²) in [5.41, 5.74) is 0.0452. The number of hydrogen-bond donors (Lipinski definition) is 0. The highest BCUT2D eigenvalue weighted by Gasteiger charge is 2.86. The molecule has 6 fully saturated rings. The van der Waals surface area contributed by atoms with E-state index >= 15 is 0 Å². The van der Waals surface area contributed by atoms with Gasteiger partial charge in [-0.05, 0) is 74.0 Å². The molecule has 4 saturated carbocycles. The Morgan fingerprint density at radius 3 is 2.81 bits per heavy atom. The maximum atomic E-state index is 12.4. The van der Waals surface area contributed by atoms with Gasteiger partial charge in [0.25, 0.3) is 0 Å². The van der Waals surface area contributed by atoms with Crippen molar-refractivity contribution in [2.45, 2.75) is 90.1 Å². The molecule has 1 spiro atoms. The molecule has 0 amide bonds. The monoisotopic (exact) mass is 428 g/mol. The number of carbonyl (C=O) groups is 2. The lowest BCUT2D eigenvalue weighted by molar-refractivity contribution is -0.137. The van der Waals surface area contributed by atoms with E-state index in [4.69, 9.17) is 14.2 Å². The number of Topliss-reactive ketones (excluding diaryl/α,β-unsaturated/α-hetero) is 1. The lowest BCUT2D eigenvalue weighted by Crippen LogP contribution is -2.61. The molecule has 6 rings (SSSR count). The van der Waals surface area contributed by atoms with Gasteiger partial charge in [-0.25, -0.2) is 4.79 Å². The van der Waals surface area contributed by atoms with E-state index < -0.39 is 0 Å². The van der Waals surface area contributed by atoms with E-state index in [1.54, 1.807) is 6.08 Å². The summed E-state index contributed by atoms with van der Waals surface area (Å²) >= 11 is 0. The highest BCUT2D eigenvalue weighted by Crippen LogP contribution is 2.77. The summed E-state index contributed by atoms with van der Waals surface area (Å²) in [6, 6.07) is 0. The molecular weight excluding hydrogens is 392 g/mol. The fourth-order valence-electron chi connectivity index (χ4n) is 9.24. The number of ether oxygens (including phenoxy) is 3. The molecule has 0 N–H and O–H groups in total. The van der Waals surface area contributed by atoms with E-state index in [-0.39, 0.29) is 40.7 Å². The fraction of sp³-hybridized carbons (Fsp3) is 0.846. The van der Waals surface area contributed by atoms with E-state index in [0.29, 0.717) is 48.4 Å². The lowest BCUT2D eigenvalue weighted by atomic mass is 9.44. The molecule has 7 unspecified atom stereocenters. The third-order valence-corrected chi connectivity index (χ3v) is 10.7. The minimum Gasteiger partial charge on any atom is -0.463 e. The number of hydrogen-bond acceptors (Lipinski definition) is 5. The quantitative estimate of drug-likeness (QED) is 0.383. The smallest absolute Gasteiger partial charge is 0.330 e. The molecule has 2 heterocycles. The molecule has 5 nitrogen and oxygen atoms in total. The number of fused-ring (bicyclic) bond motifs is 6. The molecule has 2 aliphatic heterocycles. The second-order valence-corrected chi connectivity index (χ2v) is 11.7. The van der Waals surface area contributed by atoms with Crippen LogP contribution in [0, 0.1) is 40.4 Å². The van der Waals surface area contributed by atoms with Crippen molar-refractivity contribution in [1.29, 1.82) is 0 Å². The first-order valence-corrected chi connectivity index (χ1v) is 12.5. The van der Waals surface area contributed by atoms with Gasteiger partial charge in [0.2, 0.25) is 0 Å². The molecule has 2 saturated heterocycles. The molecule has 0 bridgehead atoms. The standard InChI is InChI=1S/C26H36O5/c1-5-29-19(28)9-6-14(2)15-7-8-16-20-17(10-12-24(15,16)3)25(4)13-11-18(27)22-26(25,31-22)23-21(20)30-23/h6,9,14-17,20-23H,5,7-8,10-13H2,1-4H3/b9-6+/t14-,15?,16?,17?,20?,21+,22?,23?,24-,25-,26?/m1/s1. The maximum Gasteiger partial charge on any atom is 0.330 e. The largest absolute Gasteiger partial charge is 0.463 e. The molecular formula is C26H36O5. The fourth-order valence-corrected chi connectivity index (χ4v) is 9.24. The van der Waals surface area contributed by atoms with Crippen LogP contribution in [0.5, 0.6) is 0 Å². The Hall–Kier alpha value is -1.20. The van der Waals surface area contributed by atoms with Gasteiger partial charge in [-0.3, -0.25) is 4.79 Å². The number of rotatable bonds is 4. The van der Waals surface area contributed by atoms with Crippen molar-refractivity contribution in [2.75, 3.05) is 6.61 Å². The van der Waals surface area contributed by atoms with Crippen LogP contribution in [0.2, 0.25) is 0 Å². The molecule has 0 aromatic carbocycles. The maximum absolute atomic E-state index is 12.4. The van der Waals surface area contributed by atoms with E-state index in [1.165, 1.54) is 25.7 Å². The van der Waals surface area contributed by atoms with Gasteiger partial charge < -0.3 is 14.2 Å². The van der Waals surface area contributed by atoms with Crippen LogP contribution in [0.25, 0.3) is 0 Å². The zero-order chi connectivity index (χ0) is 21.8. The zero-order valence-corrected chi connectivity index (χ0v) is 19.3. The van der Waals surface area contributed by atoms with Gasteiger partial charge in [0.05, 0.1) is 12.7 Å². The van der Waals surface area contributed by atoms with Crippen molar-refractivity contribution in [3.8, 4) is 0 Å². The Labute approximate surface area is 185 Å². The summed E-state index contributed by atoms with van der Waals surface area (Å²) < 4.78 is 17.7. The molecule has 0 aromatic rings. The van der Waals surface area contributed by atoms with Crippen LogP contribution in [0.4, 0.5) is 0 Å². The summed E-state index contributed by atoms with van der Waals surface area (Å²) in [4.78, 5) is 24.3. The van der Waals surface area contributed by atoms with Crippen molar-refractivity contribution in [1.82, 2.24) is 0 Å². The second kappa shape index (κ2) is 6.44. The number of carbonyl (C=O) groups excluding carboxylic acids is 2. The van der Waals surface area contributed by atoms with Crippen LogP contribution in [0.1, 0.15) is 66.2 Å². The van der Waals surface area contributed by atoms with Gasteiger partial charge in [-0.1, -0.05) is 26.8 Å². The average Bonchev–Trinajstić information content (AvgIpc) is 3.63. The summed E-state index contributed by atoms with van der Waals surface area (Å²) in [6.45, 7) is 9.45. The van der Waals surface area contributed by atoms with Crippen LogP contribution < -0.4 is 0 Å². The first kappa shape index (κ1) is 20.4. The van der Waals surface area contributed by atoms with Gasteiger partial charge in [0.1, 0.15) is 17.8 Å². The molecule has 11 atom stereocenters. The third kappa shape index (κ3) is 2.45. The van der Waals surface area contributed by atoms with E-state index in [2.05, 4.69) is 26.8 Å². The first-order chi connectivity index (χ1) is 14.8. The Balaban J connectivity index is 1.26. The highest BCUT2D eigenvalue weighted by molar-refractivity contribution is 5.89. The topological polar surface area (TPSA) is 68.4 Å². The van der Waals surface area contributed by atoms with Gasteiger partial charge in [-0.2, -0.15) is 0 Å². The summed E-state index contributed by atoms with van der Waals surface area (Å²) in [7, 11) is 0. The molecule has 6 aliphatic rings. The number of allylic oxidation sites excluding steroid dienone is 1. The van der Waals surface area contributed by atoms with Crippen LogP contribution in [0.15, 0.2) is 12.2 Å². The number of epoxide rings is 2. The lowest BCUT2D eigenvalue weighted by Gasteiger charge is -2.58. The minimum atomic E-state index is -0.310. The van der Waals surface area contributed by atoms with Gasteiger partial charge in [-0.15, -0.1) is 0 Å². The Morgan fingerprint density at radius 2 is 2.03 bits per heavy atom. The van der Waals surface area contributed by atoms with Crippen molar-refractivity contribution < 1.29 is 23.8 Å². The van der Waals surface area contributed by atoms with Crippen LogP contribution in [-0.4, -0.2) is 42.3 Å². The number of ketones is 1. The molecule has 0 radical (unpaired) electrons. The Morgan fingerprint density at radius 1 is 1.23 bits per heavy atom. The van der Waals surface area contributed by atoms with Gasteiger partial charge in [0, 0.05) is 17.9 Å². The summed E-state index contributed by atoms with van der Waals surface area (Å²) in [6.07, 6.45) is 10.5. The van der Waals surface area contributed by atoms with Crippen molar-refractivity contribution in [3.05, 3.63) is 12.2 Å². The predicted molar refractivity (Wildman–Crippen MR) is 114 cm³/mol. The molecule has 170 valence electrons. The SMILES string of the molecule is CCOC(=O)/C=C/[C@@H](C)C1CCC2C3C(CC[C@@]21C)[C@@]1(C)CCC(=O)C2OC21C1O[C@@H]31.